The maximum atomic E-state index is 4.64. The number of thioether (sulfide) groups is 1. The van der Waals surface area contributed by atoms with Gasteiger partial charge in [-0.1, -0.05) is 103 Å². The van der Waals surface area contributed by atoms with Crippen LogP contribution in [0.3, 0.4) is 0 Å². The molecule has 1 heterocycles. The van der Waals surface area contributed by atoms with Crippen LogP contribution in [0, 0.1) is 46.8 Å². The Morgan fingerprint density at radius 3 is 2.39 bits per heavy atom. The van der Waals surface area contributed by atoms with E-state index in [-0.39, 0.29) is 0 Å². The van der Waals surface area contributed by atoms with Crippen LogP contribution in [0.15, 0.2) is 105 Å². The van der Waals surface area contributed by atoms with E-state index in [9.17, 15) is 0 Å². The molecule has 342 valence electrons. The summed E-state index contributed by atoms with van der Waals surface area (Å²) in [5, 5.41) is 6.36. The first kappa shape index (κ1) is 41.9. The molecule has 1 N–H and O–H groups in total. The van der Waals surface area contributed by atoms with Crippen LogP contribution < -0.4 is 5.32 Å². The minimum absolute atomic E-state index is 0.306. The lowest BCUT2D eigenvalue weighted by molar-refractivity contribution is 0.0885. The number of fused-ring (bicyclic) bond motifs is 11. The van der Waals surface area contributed by atoms with Gasteiger partial charge < -0.3 is 10.2 Å². The van der Waals surface area contributed by atoms with Crippen LogP contribution in [0.25, 0.3) is 0 Å². The standard InChI is InChI=1S/C61H82N2S/c1-3-19-40(20-4-1)43-23-10-15-35-57(43)63(41-21-5-2-6-22-41)42-37-38-45-44-24-7-12-30-51(44)61(54(45)39-42)52-31-13-8-27-50(52)59-48(28-17-32-53(59)61)46-25-9-14-33-55(46)62-56-34-18-29-49-47-26-11-16-36-58(47)64-60(49)56/h5,8,11,19,21-22,26-28,42,44,46-47,49,51,53,55-56,58-60,62H,1-4,6-7,9-10,12-18,20,23-25,29-39H2. The third kappa shape index (κ3) is 6.84. The minimum Gasteiger partial charge on any atom is -0.342 e. The summed E-state index contributed by atoms with van der Waals surface area (Å²) in [6.07, 6.45) is 65.1. The Balaban J connectivity index is 0.866. The van der Waals surface area contributed by atoms with Crippen molar-refractivity contribution in [2.45, 2.75) is 221 Å². The zero-order valence-corrected chi connectivity index (χ0v) is 40.5. The van der Waals surface area contributed by atoms with Gasteiger partial charge in [-0.2, -0.15) is 11.8 Å². The summed E-state index contributed by atoms with van der Waals surface area (Å²) >= 11 is 2.44. The van der Waals surface area contributed by atoms with Crippen molar-refractivity contribution in [2.24, 2.45) is 46.8 Å². The maximum absolute atomic E-state index is 4.64. The molecule has 0 radical (unpaired) electrons. The van der Waals surface area contributed by atoms with E-state index in [0.717, 1.165) is 46.0 Å². The van der Waals surface area contributed by atoms with E-state index in [0.29, 0.717) is 29.5 Å². The van der Waals surface area contributed by atoms with Crippen LogP contribution in [0.5, 0.6) is 0 Å². The van der Waals surface area contributed by atoms with Crippen molar-refractivity contribution in [1.29, 1.82) is 0 Å². The Morgan fingerprint density at radius 1 is 0.594 bits per heavy atom. The smallest absolute Gasteiger partial charge is 0.0379 e. The minimum atomic E-state index is 0.306. The summed E-state index contributed by atoms with van der Waals surface area (Å²) in [6, 6.07) is 1.97. The molecule has 0 amide bonds. The molecule has 0 aromatic heterocycles. The van der Waals surface area contributed by atoms with Crippen LogP contribution in [-0.4, -0.2) is 33.5 Å². The number of hydrogen-bond donors (Lipinski definition) is 1. The van der Waals surface area contributed by atoms with Crippen molar-refractivity contribution in [1.82, 2.24) is 10.2 Å². The Labute approximate surface area is 393 Å². The molecule has 12 aliphatic carbocycles. The molecule has 2 nitrogen and oxygen atoms in total. The summed E-state index contributed by atoms with van der Waals surface area (Å²) in [5.74, 6) is 5.61. The molecule has 13 aliphatic rings. The van der Waals surface area contributed by atoms with Crippen LogP contribution in [0.2, 0.25) is 0 Å². The zero-order valence-electron chi connectivity index (χ0n) is 39.7. The lowest BCUT2D eigenvalue weighted by Gasteiger charge is -2.51. The first-order valence-electron chi connectivity index (χ1n) is 28.2. The highest BCUT2D eigenvalue weighted by Crippen LogP contribution is 2.74. The van der Waals surface area contributed by atoms with E-state index in [1.165, 1.54) is 193 Å². The van der Waals surface area contributed by atoms with E-state index in [1.807, 2.05) is 22.3 Å². The number of allylic oxidation sites excluding steroid dienone is 15. The number of nitrogens with zero attached hydrogens (tertiary/aromatic N) is 1. The van der Waals surface area contributed by atoms with E-state index < -0.39 is 0 Å². The van der Waals surface area contributed by atoms with Gasteiger partial charge in [0.1, 0.15) is 0 Å². The molecule has 0 aromatic rings. The molecule has 1 saturated heterocycles. The van der Waals surface area contributed by atoms with Crippen molar-refractivity contribution < 1.29 is 0 Å². The van der Waals surface area contributed by atoms with Crippen molar-refractivity contribution in [2.75, 3.05) is 0 Å². The zero-order chi connectivity index (χ0) is 42.2. The van der Waals surface area contributed by atoms with Crippen molar-refractivity contribution in [3.05, 3.63) is 105 Å². The summed E-state index contributed by atoms with van der Waals surface area (Å²) in [4.78, 5) is 3.07. The third-order valence-electron chi connectivity index (χ3n) is 20.9. The Hall–Kier alpha value is -2.23. The predicted molar refractivity (Wildman–Crippen MR) is 270 cm³/mol. The highest BCUT2D eigenvalue weighted by atomic mass is 32.2. The summed E-state index contributed by atoms with van der Waals surface area (Å²) < 4.78 is 0. The highest BCUT2D eigenvalue weighted by molar-refractivity contribution is 8.00. The average molecular weight is 875 g/mol. The Morgan fingerprint density at radius 2 is 1.47 bits per heavy atom. The molecular formula is C61H82N2S. The van der Waals surface area contributed by atoms with Crippen molar-refractivity contribution >= 4 is 11.8 Å². The normalized spacial score (nSPS) is 42.7. The van der Waals surface area contributed by atoms with Gasteiger partial charge in [-0.25, -0.2) is 0 Å². The average Bonchev–Trinajstić information content (AvgIpc) is 4.00. The second kappa shape index (κ2) is 17.7. The lowest BCUT2D eigenvalue weighted by atomic mass is 9.54. The number of rotatable bonds is 7. The first-order valence-corrected chi connectivity index (χ1v) is 29.2. The molecule has 1 spiro atoms. The van der Waals surface area contributed by atoms with Gasteiger partial charge in [0.15, 0.2) is 0 Å². The predicted octanol–water partition coefficient (Wildman–Crippen LogP) is 15.9. The molecule has 3 heteroatoms. The molecule has 64 heavy (non-hydrogen) atoms. The quantitative estimate of drug-likeness (QED) is 0.257. The SMILES string of the molecule is C1=CC(N(C2=C(C3=CCCCC3)CCCC2)C2CCC3=C(C2)C2(C4=C(C=CCC4)C4C(C5CCCCC5NC5CCCC6C7C=CCCC7SC56)=CCCC42)C2CCCCC32)=CCC1. The van der Waals surface area contributed by atoms with Gasteiger partial charge >= 0.3 is 0 Å². The molecule has 13 atom stereocenters. The fraction of sp³-hybridized carbons (Fsp3) is 0.705. The maximum Gasteiger partial charge on any atom is 0.0379 e. The van der Waals surface area contributed by atoms with Gasteiger partial charge in [0, 0.05) is 51.4 Å². The molecule has 4 fully saturated rings. The van der Waals surface area contributed by atoms with E-state index in [2.05, 4.69) is 82.2 Å². The van der Waals surface area contributed by atoms with Gasteiger partial charge in [-0.3, -0.25) is 0 Å². The van der Waals surface area contributed by atoms with Crippen LogP contribution in [-0.2, 0) is 0 Å². The van der Waals surface area contributed by atoms with Gasteiger partial charge in [-0.15, -0.1) is 0 Å². The van der Waals surface area contributed by atoms with Crippen LogP contribution in [0.1, 0.15) is 193 Å². The molecule has 13 rings (SSSR count). The lowest BCUT2D eigenvalue weighted by Crippen LogP contribution is -2.52. The van der Waals surface area contributed by atoms with E-state index in [4.69, 9.17) is 0 Å². The van der Waals surface area contributed by atoms with E-state index in [1.54, 1.807) is 22.5 Å². The van der Waals surface area contributed by atoms with Gasteiger partial charge in [0.2, 0.25) is 0 Å². The molecule has 3 saturated carbocycles. The number of hydrogen-bond acceptors (Lipinski definition) is 3. The van der Waals surface area contributed by atoms with Gasteiger partial charge in [0.25, 0.3) is 0 Å². The Bertz CT molecular complexity index is 2120. The first-order chi connectivity index (χ1) is 31.8. The number of nitrogens with one attached hydrogen (secondary N) is 1. The molecule has 0 bridgehead atoms. The van der Waals surface area contributed by atoms with Crippen molar-refractivity contribution in [3.63, 3.8) is 0 Å². The summed E-state index contributed by atoms with van der Waals surface area (Å²) in [5.41, 5.74) is 17.0. The molecule has 0 aromatic carbocycles. The third-order valence-corrected chi connectivity index (χ3v) is 22.8. The van der Waals surface area contributed by atoms with Crippen LogP contribution in [0.4, 0.5) is 0 Å². The van der Waals surface area contributed by atoms with Crippen LogP contribution >= 0.6 is 11.8 Å². The fourth-order valence-electron chi connectivity index (χ4n) is 18.7. The second-order valence-corrected chi connectivity index (χ2v) is 25.1. The van der Waals surface area contributed by atoms with Gasteiger partial charge in [-0.05, 0) is 219 Å². The highest BCUT2D eigenvalue weighted by Gasteiger charge is 2.66. The molecule has 13 unspecified atom stereocenters. The summed E-state index contributed by atoms with van der Waals surface area (Å²) in [6.45, 7) is 0. The largest absolute Gasteiger partial charge is 0.342 e. The monoisotopic (exact) mass is 875 g/mol. The fourth-order valence-corrected chi connectivity index (χ4v) is 20.7. The van der Waals surface area contributed by atoms with Gasteiger partial charge in [0.05, 0.1) is 0 Å². The van der Waals surface area contributed by atoms with E-state index >= 15 is 0 Å². The molecule has 1 aliphatic heterocycles. The Kier molecular flexibility index (Phi) is 11.6. The summed E-state index contributed by atoms with van der Waals surface area (Å²) in [7, 11) is 0. The van der Waals surface area contributed by atoms with Crippen molar-refractivity contribution in [3.8, 4) is 0 Å². The second-order valence-electron chi connectivity index (χ2n) is 23.7. The molecular weight excluding hydrogens is 793 g/mol. The topological polar surface area (TPSA) is 15.3 Å².